The molecule has 1 aliphatic rings. The van der Waals surface area contributed by atoms with Gasteiger partial charge in [-0.2, -0.15) is 4.37 Å². The van der Waals surface area contributed by atoms with Gasteiger partial charge < -0.3 is 16.4 Å². The van der Waals surface area contributed by atoms with Gasteiger partial charge in [0.2, 0.25) is 18.2 Å². The van der Waals surface area contributed by atoms with Crippen LogP contribution in [0, 0.1) is 6.92 Å². The van der Waals surface area contributed by atoms with Crippen molar-refractivity contribution in [2.24, 2.45) is 0 Å². The molecule has 1 aliphatic heterocycles. The lowest BCUT2D eigenvalue weighted by atomic mass is 10.0. The van der Waals surface area contributed by atoms with Crippen molar-refractivity contribution in [2.75, 3.05) is 24.1 Å². The van der Waals surface area contributed by atoms with E-state index in [0.29, 0.717) is 47.0 Å². The molecule has 1 aromatic carbocycles. The number of aryl methyl sites for hydroxylation is 1. The van der Waals surface area contributed by atoms with Gasteiger partial charge in [-0.25, -0.2) is 0 Å². The third-order valence-electron chi connectivity index (χ3n) is 6.35. The molecule has 5 N–H and O–H groups in total. The van der Waals surface area contributed by atoms with Crippen LogP contribution in [-0.4, -0.2) is 58.4 Å². The van der Waals surface area contributed by atoms with E-state index in [4.69, 9.17) is 5.73 Å². The highest BCUT2D eigenvalue weighted by Crippen LogP contribution is 2.24. The number of piperidine rings is 1. The predicted octanol–water partition coefficient (Wildman–Crippen LogP) is 2.62. The second kappa shape index (κ2) is 14.2. The molecule has 1 saturated heterocycles. The fourth-order valence-electron chi connectivity index (χ4n) is 4.31. The number of nitrogens with zero attached hydrogens (tertiary/aromatic N) is 2. The van der Waals surface area contributed by atoms with Crippen LogP contribution in [0.25, 0.3) is 0 Å². The first kappa shape index (κ1) is 28.8. The van der Waals surface area contributed by atoms with Crippen molar-refractivity contribution in [3.63, 3.8) is 0 Å². The molecule has 0 radical (unpaired) electrons. The van der Waals surface area contributed by atoms with Gasteiger partial charge in [0.05, 0.1) is 5.56 Å². The number of nitrogen functional groups attached to an aromatic ring is 1. The topological polar surface area (TPSA) is 164 Å². The lowest BCUT2D eigenvalue weighted by Gasteiger charge is -2.29. The van der Waals surface area contributed by atoms with E-state index >= 15 is 0 Å². The summed E-state index contributed by atoms with van der Waals surface area (Å²) in [6, 6.07) is 5.95. The number of amides is 5. The highest BCUT2D eigenvalue weighted by Gasteiger charge is 2.35. The average molecular weight is 543 g/mol. The van der Waals surface area contributed by atoms with Gasteiger partial charge in [-0.05, 0) is 49.3 Å². The largest absolute Gasteiger partial charge is 0.389 e. The van der Waals surface area contributed by atoms with E-state index in [1.807, 2.05) is 6.07 Å². The van der Waals surface area contributed by atoms with Gasteiger partial charge >= 0.3 is 0 Å². The number of carbonyl (C=O) groups is 5. The smallest absolute Gasteiger partial charge is 0.271 e. The SMILES string of the molecule is Cc1cccc(NCCCCCCCCNC(=O)c2cc(N)sn2)c1C(=O)N(C=O)C1CCC(=O)NC1=O. The number of unbranched alkanes of at least 4 members (excludes halogenated alkanes) is 5. The van der Waals surface area contributed by atoms with Gasteiger partial charge in [0, 0.05) is 31.3 Å². The molecule has 204 valence electrons. The summed E-state index contributed by atoms with van der Waals surface area (Å²) in [5, 5.41) is 8.85. The summed E-state index contributed by atoms with van der Waals surface area (Å²) in [4.78, 5) is 61.6. The molecule has 38 heavy (non-hydrogen) atoms. The quantitative estimate of drug-likeness (QED) is 0.161. The van der Waals surface area contributed by atoms with Gasteiger partial charge in [-0.3, -0.25) is 34.2 Å². The molecule has 3 rings (SSSR count). The van der Waals surface area contributed by atoms with Crippen molar-refractivity contribution in [2.45, 2.75) is 64.3 Å². The molecular formula is C26H34N6O5S. The Morgan fingerprint density at radius 1 is 1.16 bits per heavy atom. The van der Waals surface area contributed by atoms with Crippen LogP contribution >= 0.6 is 11.5 Å². The number of rotatable bonds is 14. The van der Waals surface area contributed by atoms with E-state index in [1.165, 1.54) is 0 Å². The number of hydrogen-bond acceptors (Lipinski definition) is 9. The lowest BCUT2D eigenvalue weighted by Crippen LogP contribution is -2.54. The minimum absolute atomic E-state index is 0.0731. The molecule has 11 nitrogen and oxygen atoms in total. The van der Waals surface area contributed by atoms with Crippen LogP contribution in [0.4, 0.5) is 10.7 Å². The number of anilines is 2. The van der Waals surface area contributed by atoms with Crippen LogP contribution in [0.3, 0.4) is 0 Å². The number of hydrogen-bond donors (Lipinski definition) is 4. The van der Waals surface area contributed by atoms with Gasteiger partial charge in [0.25, 0.3) is 11.8 Å². The zero-order valence-corrected chi connectivity index (χ0v) is 22.3. The summed E-state index contributed by atoms with van der Waals surface area (Å²) in [5.74, 6) is -1.82. The van der Waals surface area contributed by atoms with Gasteiger partial charge in [0.15, 0.2) is 0 Å². The summed E-state index contributed by atoms with van der Waals surface area (Å²) >= 11 is 1.10. The Labute approximate surface area is 225 Å². The average Bonchev–Trinajstić information content (AvgIpc) is 3.33. The third-order valence-corrected chi connectivity index (χ3v) is 6.96. The third kappa shape index (κ3) is 7.85. The Morgan fingerprint density at radius 2 is 1.87 bits per heavy atom. The number of imide groups is 2. The molecule has 2 heterocycles. The van der Waals surface area contributed by atoms with Crippen LogP contribution in [0.2, 0.25) is 0 Å². The Morgan fingerprint density at radius 3 is 2.53 bits per heavy atom. The molecule has 2 aromatic rings. The van der Waals surface area contributed by atoms with Crippen molar-refractivity contribution in [3.05, 3.63) is 41.1 Å². The fraction of sp³-hybridized carbons (Fsp3) is 0.462. The summed E-state index contributed by atoms with van der Waals surface area (Å²) in [7, 11) is 0. The molecule has 0 aliphatic carbocycles. The van der Waals surface area contributed by atoms with Gasteiger partial charge in [-0.1, -0.05) is 37.8 Å². The van der Waals surface area contributed by atoms with E-state index < -0.39 is 23.8 Å². The monoisotopic (exact) mass is 542 g/mol. The molecule has 1 unspecified atom stereocenters. The molecule has 1 fully saturated rings. The maximum Gasteiger partial charge on any atom is 0.271 e. The second-order valence-electron chi connectivity index (χ2n) is 9.20. The van der Waals surface area contributed by atoms with Crippen molar-refractivity contribution >= 4 is 52.3 Å². The minimum Gasteiger partial charge on any atom is -0.389 e. The zero-order chi connectivity index (χ0) is 27.5. The number of nitrogens with one attached hydrogen (secondary N) is 3. The fourth-order valence-corrected chi connectivity index (χ4v) is 4.81. The maximum atomic E-state index is 13.3. The highest BCUT2D eigenvalue weighted by atomic mass is 32.1. The van der Waals surface area contributed by atoms with Gasteiger partial charge in [-0.15, -0.1) is 0 Å². The Balaban J connectivity index is 1.39. The second-order valence-corrected chi connectivity index (χ2v) is 10.0. The van der Waals surface area contributed by atoms with E-state index in [1.54, 1.807) is 25.1 Å². The van der Waals surface area contributed by atoms with Crippen LogP contribution < -0.4 is 21.7 Å². The minimum atomic E-state index is -1.01. The van der Waals surface area contributed by atoms with Crippen molar-refractivity contribution in [1.82, 2.24) is 19.9 Å². The summed E-state index contributed by atoms with van der Waals surface area (Å²) in [6.45, 7) is 3.02. The Bertz CT molecular complexity index is 1170. The van der Waals surface area contributed by atoms with Gasteiger partial charge in [0.1, 0.15) is 16.7 Å². The predicted molar refractivity (Wildman–Crippen MR) is 145 cm³/mol. The van der Waals surface area contributed by atoms with Crippen molar-refractivity contribution < 1.29 is 24.0 Å². The number of carbonyl (C=O) groups excluding carboxylic acids is 5. The van der Waals surface area contributed by atoms with E-state index in [-0.39, 0.29) is 18.7 Å². The molecule has 0 spiro atoms. The van der Waals surface area contributed by atoms with E-state index in [9.17, 15) is 24.0 Å². The molecule has 12 heteroatoms. The van der Waals surface area contributed by atoms with Crippen molar-refractivity contribution in [1.29, 1.82) is 0 Å². The molecule has 0 saturated carbocycles. The summed E-state index contributed by atoms with van der Waals surface area (Å²) in [5.41, 5.74) is 7.58. The molecule has 0 bridgehead atoms. The highest BCUT2D eigenvalue weighted by molar-refractivity contribution is 7.10. The molecular weight excluding hydrogens is 508 g/mol. The Kier molecular flexibility index (Phi) is 10.8. The van der Waals surface area contributed by atoms with Crippen molar-refractivity contribution in [3.8, 4) is 0 Å². The number of nitrogens with two attached hydrogens (primary N) is 1. The summed E-state index contributed by atoms with van der Waals surface area (Å²) in [6.07, 6.45) is 6.43. The molecule has 1 atom stereocenters. The lowest BCUT2D eigenvalue weighted by molar-refractivity contribution is -0.139. The zero-order valence-electron chi connectivity index (χ0n) is 21.5. The first-order valence-electron chi connectivity index (χ1n) is 12.8. The number of benzene rings is 1. The molecule has 5 amide bonds. The van der Waals surface area contributed by atoms with Crippen LogP contribution in [0.15, 0.2) is 24.3 Å². The normalized spacial score (nSPS) is 15.0. The number of aromatic nitrogens is 1. The summed E-state index contributed by atoms with van der Waals surface area (Å²) < 4.78 is 3.99. The Hall–Kier alpha value is -3.80. The van der Waals surface area contributed by atoms with Crippen LogP contribution in [-0.2, 0) is 14.4 Å². The first-order chi connectivity index (χ1) is 18.3. The first-order valence-corrected chi connectivity index (χ1v) is 13.5. The van der Waals surface area contributed by atoms with E-state index in [2.05, 4.69) is 20.3 Å². The van der Waals surface area contributed by atoms with Crippen LogP contribution in [0.1, 0.15) is 77.8 Å². The molecule has 1 aromatic heterocycles. The maximum absolute atomic E-state index is 13.3. The van der Waals surface area contributed by atoms with E-state index in [0.717, 1.165) is 55.0 Å². The standard InChI is InChI=1S/C26H34N6O5S/c1-17-9-8-10-18(23(17)26(37)32(16-33)20-11-12-22(34)30-25(20)36)28-13-6-4-2-3-5-7-14-29-24(35)19-15-21(27)38-31-19/h8-10,15-16,20,28H,2-7,11-14,27H2,1H3,(H,29,35)(H,30,34,36). The van der Waals surface area contributed by atoms with Crippen LogP contribution in [0.5, 0.6) is 0 Å².